The summed E-state index contributed by atoms with van der Waals surface area (Å²) in [6, 6.07) is -1.27. The molecule has 1 rings (SSSR count). The molecule has 1 saturated carbocycles. The maximum absolute atomic E-state index is 13.0. The van der Waals surface area contributed by atoms with Crippen LogP contribution in [0.15, 0.2) is 48.6 Å². The molecule has 1 aliphatic carbocycles. The second-order valence-electron chi connectivity index (χ2n) is 15.7. The molecule has 0 spiro atoms. The van der Waals surface area contributed by atoms with Gasteiger partial charge in [0.2, 0.25) is 5.91 Å². The number of nitrogens with one attached hydrogen (secondary N) is 1. The van der Waals surface area contributed by atoms with Crippen LogP contribution in [0.4, 0.5) is 0 Å². The summed E-state index contributed by atoms with van der Waals surface area (Å²) in [7, 11) is -5.15. The molecular formula is C44H80NO12P. The second-order valence-corrected chi connectivity index (χ2v) is 17.1. The molecule has 8 unspecified atom stereocenters. The number of aliphatic hydroxyl groups excluding tert-OH is 7. The minimum Gasteiger partial charge on any atom is -0.393 e. The van der Waals surface area contributed by atoms with Gasteiger partial charge in [-0.3, -0.25) is 13.8 Å². The SMILES string of the molecule is CCCCCC/C=C\CCCCCCCC(O)CC(=O)NC(COP(=O)(O)OC1C(O)C(O)C(O)C(O)C1O)C(O)/C=C/CC/C=C/CC/C=C/CCCCCCC. The molecule has 0 saturated heterocycles. The third-order valence-electron chi connectivity index (χ3n) is 10.4. The van der Waals surface area contributed by atoms with Crippen LogP contribution in [0.2, 0.25) is 0 Å². The van der Waals surface area contributed by atoms with E-state index in [2.05, 4.69) is 49.5 Å². The molecule has 0 bridgehead atoms. The van der Waals surface area contributed by atoms with E-state index in [1.807, 2.05) is 6.08 Å². The number of phosphoric ester groups is 1. The van der Waals surface area contributed by atoms with Gasteiger partial charge in [-0.2, -0.15) is 0 Å². The molecule has 1 aliphatic rings. The van der Waals surface area contributed by atoms with Crippen LogP contribution in [0.25, 0.3) is 0 Å². The zero-order valence-electron chi connectivity index (χ0n) is 35.4. The van der Waals surface area contributed by atoms with Gasteiger partial charge in [0.1, 0.15) is 36.6 Å². The summed E-state index contributed by atoms with van der Waals surface area (Å²) in [6.07, 6.45) is 24.9. The van der Waals surface area contributed by atoms with Gasteiger partial charge in [0.15, 0.2) is 0 Å². The van der Waals surface area contributed by atoms with Gasteiger partial charge in [-0.15, -0.1) is 0 Å². The van der Waals surface area contributed by atoms with Crippen molar-refractivity contribution in [2.45, 2.75) is 216 Å². The van der Waals surface area contributed by atoms with Gasteiger partial charge >= 0.3 is 7.82 Å². The lowest BCUT2D eigenvalue weighted by Gasteiger charge is -2.41. The summed E-state index contributed by atoms with van der Waals surface area (Å²) >= 11 is 0. The highest BCUT2D eigenvalue weighted by molar-refractivity contribution is 7.47. The molecule has 0 aromatic heterocycles. The van der Waals surface area contributed by atoms with Crippen molar-refractivity contribution in [3.05, 3.63) is 48.6 Å². The fourth-order valence-corrected chi connectivity index (χ4v) is 7.64. The number of carbonyl (C=O) groups excluding carboxylic acids is 1. The first-order chi connectivity index (χ1) is 27.8. The number of hydrogen-bond acceptors (Lipinski definition) is 11. The normalized spacial score (nSPS) is 24.2. The van der Waals surface area contributed by atoms with E-state index in [4.69, 9.17) is 9.05 Å². The van der Waals surface area contributed by atoms with Crippen molar-refractivity contribution in [1.29, 1.82) is 0 Å². The number of carbonyl (C=O) groups is 1. The van der Waals surface area contributed by atoms with Crippen molar-refractivity contribution in [1.82, 2.24) is 5.32 Å². The van der Waals surface area contributed by atoms with Crippen molar-refractivity contribution in [3.8, 4) is 0 Å². The Morgan fingerprint density at radius 3 is 1.53 bits per heavy atom. The summed E-state index contributed by atoms with van der Waals surface area (Å²) < 4.78 is 22.8. The number of allylic oxidation sites excluding steroid dienone is 7. The van der Waals surface area contributed by atoms with Gasteiger partial charge in [0.05, 0.1) is 31.3 Å². The second kappa shape index (κ2) is 33.9. The summed E-state index contributed by atoms with van der Waals surface area (Å²) in [4.78, 5) is 23.4. The van der Waals surface area contributed by atoms with Crippen LogP contribution in [0.3, 0.4) is 0 Å². The van der Waals surface area contributed by atoms with E-state index in [1.165, 1.54) is 63.9 Å². The van der Waals surface area contributed by atoms with Crippen molar-refractivity contribution >= 4 is 13.7 Å². The predicted octanol–water partition coefficient (Wildman–Crippen LogP) is 6.75. The minimum absolute atomic E-state index is 0.263. The zero-order chi connectivity index (χ0) is 43.0. The Morgan fingerprint density at radius 2 is 1.02 bits per heavy atom. The van der Waals surface area contributed by atoms with E-state index >= 15 is 0 Å². The van der Waals surface area contributed by atoms with Gasteiger partial charge in [-0.05, 0) is 70.6 Å². The van der Waals surface area contributed by atoms with Crippen molar-refractivity contribution < 1.29 is 59.0 Å². The molecular weight excluding hydrogens is 765 g/mol. The van der Waals surface area contributed by atoms with Crippen molar-refractivity contribution in [2.75, 3.05) is 6.61 Å². The van der Waals surface area contributed by atoms with E-state index in [1.54, 1.807) is 6.08 Å². The van der Waals surface area contributed by atoms with Crippen LogP contribution < -0.4 is 5.32 Å². The van der Waals surface area contributed by atoms with Crippen molar-refractivity contribution in [3.63, 3.8) is 0 Å². The lowest BCUT2D eigenvalue weighted by molar-refractivity contribution is -0.220. The molecule has 0 aromatic carbocycles. The van der Waals surface area contributed by atoms with Crippen LogP contribution in [0.1, 0.15) is 162 Å². The number of hydrogen-bond donors (Lipinski definition) is 9. The lowest BCUT2D eigenvalue weighted by Crippen LogP contribution is -2.64. The standard InChI is InChI=1S/C44H80NO12P/c1-3-5-7-9-11-13-15-17-18-20-22-24-26-28-30-32-37(47)36(34-56-58(54,55)57-44-42(52)40(50)39(49)41(51)43(44)53)45-38(48)33-35(46)31-29-27-25-23-21-19-16-14-12-10-8-6-4-2/h14-17,22,24,30,32,35-37,39-44,46-47,49-53H,3-13,18-21,23,25-29,31,33-34H2,1-2H3,(H,45,48)(H,54,55)/b16-14-,17-15+,24-22+,32-30+. The average molecular weight is 846 g/mol. The quantitative estimate of drug-likeness (QED) is 0.0184. The maximum atomic E-state index is 13.0. The fourth-order valence-electron chi connectivity index (χ4n) is 6.68. The summed E-state index contributed by atoms with van der Waals surface area (Å²) in [5, 5.41) is 74.3. The fraction of sp³-hybridized carbons (Fsp3) is 0.795. The summed E-state index contributed by atoms with van der Waals surface area (Å²) in [5.74, 6) is -0.615. The van der Waals surface area contributed by atoms with Gasteiger partial charge in [-0.1, -0.05) is 133 Å². The molecule has 338 valence electrons. The van der Waals surface area contributed by atoms with Crippen LogP contribution in [-0.4, -0.2) is 108 Å². The van der Waals surface area contributed by atoms with Gasteiger partial charge in [-0.25, -0.2) is 4.57 Å². The lowest BCUT2D eigenvalue weighted by atomic mass is 9.85. The molecule has 0 aromatic rings. The molecule has 0 aliphatic heterocycles. The third-order valence-corrected chi connectivity index (χ3v) is 11.3. The van der Waals surface area contributed by atoms with E-state index in [0.717, 1.165) is 64.2 Å². The molecule has 9 N–H and O–H groups in total. The Hall–Kier alpha value is -1.74. The highest BCUT2D eigenvalue weighted by Gasteiger charge is 2.51. The van der Waals surface area contributed by atoms with E-state index in [-0.39, 0.29) is 6.42 Å². The maximum Gasteiger partial charge on any atom is 0.472 e. The van der Waals surface area contributed by atoms with Crippen molar-refractivity contribution in [2.24, 2.45) is 0 Å². The number of phosphoric acid groups is 1. The Balaban J connectivity index is 2.64. The van der Waals surface area contributed by atoms with Crippen LogP contribution in [0, 0.1) is 0 Å². The van der Waals surface area contributed by atoms with E-state index in [0.29, 0.717) is 19.3 Å². The molecule has 8 atom stereocenters. The first kappa shape index (κ1) is 54.3. The topological polar surface area (TPSA) is 226 Å². The Kier molecular flexibility index (Phi) is 31.7. The first-order valence-electron chi connectivity index (χ1n) is 22.2. The Bertz CT molecular complexity index is 1180. The van der Waals surface area contributed by atoms with Gasteiger partial charge in [0, 0.05) is 0 Å². The van der Waals surface area contributed by atoms with Gasteiger partial charge < -0.3 is 46.0 Å². The van der Waals surface area contributed by atoms with Crippen LogP contribution in [-0.2, 0) is 18.4 Å². The molecule has 14 heteroatoms. The monoisotopic (exact) mass is 846 g/mol. The zero-order valence-corrected chi connectivity index (χ0v) is 36.3. The molecule has 13 nitrogen and oxygen atoms in total. The van der Waals surface area contributed by atoms with E-state index < -0.39 is 75.2 Å². The van der Waals surface area contributed by atoms with E-state index in [9.17, 15) is 50.0 Å². The first-order valence-corrected chi connectivity index (χ1v) is 23.7. The highest BCUT2D eigenvalue weighted by Crippen LogP contribution is 2.47. The van der Waals surface area contributed by atoms with Crippen LogP contribution >= 0.6 is 7.82 Å². The summed E-state index contributed by atoms with van der Waals surface area (Å²) in [5.41, 5.74) is 0. The smallest absolute Gasteiger partial charge is 0.393 e. The number of aliphatic hydroxyl groups is 7. The molecule has 0 radical (unpaired) electrons. The predicted molar refractivity (Wildman–Crippen MR) is 229 cm³/mol. The third kappa shape index (κ3) is 25.8. The highest BCUT2D eigenvalue weighted by atomic mass is 31.2. The largest absolute Gasteiger partial charge is 0.472 e. The Morgan fingerprint density at radius 1 is 0.603 bits per heavy atom. The molecule has 58 heavy (non-hydrogen) atoms. The number of unbranched alkanes of at least 4 members (excludes halogenated alkanes) is 16. The minimum atomic E-state index is -5.15. The average Bonchev–Trinajstić information content (AvgIpc) is 3.19. The Labute approximate surface area is 349 Å². The van der Waals surface area contributed by atoms with Crippen LogP contribution in [0.5, 0.6) is 0 Å². The summed E-state index contributed by atoms with van der Waals surface area (Å²) in [6.45, 7) is 3.67. The molecule has 0 heterocycles. The molecule has 1 amide bonds. The van der Waals surface area contributed by atoms with Gasteiger partial charge in [0.25, 0.3) is 0 Å². The number of amides is 1. The molecule has 1 fully saturated rings. The number of rotatable bonds is 35.